The van der Waals surface area contributed by atoms with Crippen molar-refractivity contribution in [1.82, 2.24) is 0 Å². The van der Waals surface area contributed by atoms with Crippen LogP contribution in [0.15, 0.2) is 22.7 Å². The third-order valence-electron chi connectivity index (χ3n) is 2.51. The van der Waals surface area contributed by atoms with Crippen LogP contribution in [0.25, 0.3) is 0 Å². The molecule has 1 rings (SSSR count). The molecule has 0 radical (unpaired) electrons. The van der Waals surface area contributed by atoms with Gasteiger partial charge in [0.15, 0.2) is 0 Å². The largest absolute Gasteiger partial charge is 0.389 e. The van der Waals surface area contributed by atoms with Gasteiger partial charge in [-0.15, -0.1) is 0 Å². The molecule has 0 amide bonds. The van der Waals surface area contributed by atoms with Crippen LogP contribution >= 0.6 is 28.1 Å². The molecule has 0 aromatic heterocycles. The van der Waals surface area contributed by atoms with Crippen LogP contribution in [0.1, 0.15) is 26.3 Å². The summed E-state index contributed by atoms with van der Waals surface area (Å²) in [5.41, 5.74) is 7.80. The zero-order valence-electron chi connectivity index (χ0n) is 9.83. The van der Waals surface area contributed by atoms with E-state index in [1.165, 1.54) is 0 Å². The number of nitrogens with zero attached hydrogens (tertiary/aromatic N) is 1. The Morgan fingerprint density at radius 2 is 2.12 bits per heavy atom. The van der Waals surface area contributed by atoms with Crippen molar-refractivity contribution in [1.29, 1.82) is 0 Å². The van der Waals surface area contributed by atoms with Gasteiger partial charge in [-0.1, -0.05) is 18.3 Å². The minimum Gasteiger partial charge on any atom is -0.389 e. The average Bonchev–Trinajstić information content (AvgIpc) is 2.17. The monoisotopic (exact) mass is 300 g/mol. The van der Waals surface area contributed by atoms with E-state index in [2.05, 4.69) is 47.7 Å². The first-order valence-electron chi connectivity index (χ1n) is 5.34. The fraction of sp³-hybridized carbons (Fsp3) is 0.417. The lowest BCUT2D eigenvalue weighted by atomic mass is 10.1. The molecule has 0 aliphatic heterocycles. The summed E-state index contributed by atoms with van der Waals surface area (Å²) >= 11 is 8.61. The Balaban J connectivity index is 3.31. The maximum atomic E-state index is 5.78. The van der Waals surface area contributed by atoms with Crippen LogP contribution in [-0.4, -0.2) is 17.6 Å². The first-order valence-corrected chi connectivity index (χ1v) is 6.54. The molecule has 0 atom stereocenters. The van der Waals surface area contributed by atoms with Crippen LogP contribution < -0.4 is 10.6 Å². The molecule has 0 heterocycles. The van der Waals surface area contributed by atoms with E-state index in [-0.39, 0.29) is 0 Å². The molecule has 0 bridgehead atoms. The van der Waals surface area contributed by atoms with Crippen molar-refractivity contribution in [2.24, 2.45) is 5.73 Å². The van der Waals surface area contributed by atoms with Crippen molar-refractivity contribution in [2.45, 2.75) is 26.8 Å². The van der Waals surface area contributed by atoms with Crippen LogP contribution in [-0.2, 0) is 0 Å². The molecule has 88 valence electrons. The van der Waals surface area contributed by atoms with Gasteiger partial charge in [-0.2, -0.15) is 0 Å². The van der Waals surface area contributed by atoms with Crippen molar-refractivity contribution in [3.63, 3.8) is 0 Å². The summed E-state index contributed by atoms with van der Waals surface area (Å²) in [6.45, 7) is 7.38. The summed E-state index contributed by atoms with van der Waals surface area (Å²) in [5.74, 6) is 0. The Morgan fingerprint density at radius 3 is 2.56 bits per heavy atom. The number of hydrogen-bond donors (Lipinski definition) is 1. The maximum absolute atomic E-state index is 5.78. The Labute approximate surface area is 111 Å². The average molecular weight is 301 g/mol. The lowest BCUT2D eigenvalue weighted by Gasteiger charge is -2.29. The van der Waals surface area contributed by atoms with Crippen LogP contribution in [0.4, 0.5) is 5.69 Å². The smallest absolute Gasteiger partial charge is 0.107 e. The molecular weight excluding hydrogens is 284 g/mol. The Kier molecular flexibility index (Phi) is 4.74. The van der Waals surface area contributed by atoms with E-state index in [0.717, 1.165) is 22.3 Å². The zero-order valence-corrected chi connectivity index (χ0v) is 12.2. The van der Waals surface area contributed by atoms with Crippen LogP contribution in [0.2, 0.25) is 0 Å². The summed E-state index contributed by atoms with van der Waals surface area (Å²) in [4.78, 5) is 2.71. The second-order valence-corrected chi connectivity index (χ2v) is 5.17. The minimum atomic E-state index is 0.424. The molecule has 2 N–H and O–H groups in total. The van der Waals surface area contributed by atoms with Crippen molar-refractivity contribution in [2.75, 3.05) is 11.4 Å². The molecule has 0 aliphatic carbocycles. The summed E-state index contributed by atoms with van der Waals surface area (Å²) in [6, 6.07) is 6.45. The van der Waals surface area contributed by atoms with Gasteiger partial charge < -0.3 is 10.6 Å². The zero-order chi connectivity index (χ0) is 12.3. The molecule has 0 spiro atoms. The van der Waals surface area contributed by atoms with E-state index in [0.29, 0.717) is 11.0 Å². The van der Waals surface area contributed by atoms with E-state index < -0.39 is 0 Å². The highest BCUT2D eigenvalue weighted by Gasteiger charge is 2.16. The molecule has 0 saturated heterocycles. The fourth-order valence-corrected chi connectivity index (χ4v) is 2.72. The number of rotatable bonds is 4. The van der Waals surface area contributed by atoms with E-state index in [9.17, 15) is 0 Å². The summed E-state index contributed by atoms with van der Waals surface area (Å²) in [5, 5.41) is 0. The van der Waals surface area contributed by atoms with Gasteiger partial charge in [0.2, 0.25) is 0 Å². The van der Waals surface area contributed by atoms with Crippen molar-refractivity contribution < 1.29 is 0 Å². The second-order valence-electron chi connectivity index (χ2n) is 3.88. The minimum absolute atomic E-state index is 0.424. The highest BCUT2D eigenvalue weighted by molar-refractivity contribution is 9.10. The van der Waals surface area contributed by atoms with Gasteiger partial charge in [-0.25, -0.2) is 0 Å². The predicted octanol–water partition coefficient (Wildman–Crippen LogP) is 3.32. The van der Waals surface area contributed by atoms with E-state index in [4.69, 9.17) is 18.0 Å². The predicted molar refractivity (Wildman–Crippen MR) is 78.2 cm³/mol. The van der Waals surface area contributed by atoms with Gasteiger partial charge in [0.1, 0.15) is 4.99 Å². The van der Waals surface area contributed by atoms with E-state index >= 15 is 0 Å². The van der Waals surface area contributed by atoms with Gasteiger partial charge in [0, 0.05) is 28.3 Å². The number of thiocarbonyl (C=S) groups is 1. The maximum Gasteiger partial charge on any atom is 0.107 e. The number of nitrogens with two attached hydrogens (primary N) is 1. The molecule has 1 aromatic rings. The van der Waals surface area contributed by atoms with E-state index in [1.807, 2.05) is 12.1 Å². The number of hydrogen-bond acceptors (Lipinski definition) is 2. The van der Waals surface area contributed by atoms with Crippen molar-refractivity contribution in [3.8, 4) is 0 Å². The molecule has 2 nitrogen and oxygen atoms in total. The standard InChI is InChI=1S/C12H17BrN2S/c1-4-15(8(2)3)10-7-5-6-9(13)11(10)12(14)16/h5-8H,4H2,1-3H3,(H2,14,16). The quantitative estimate of drug-likeness (QED) is 0.865. The van der Waals surface area contributed by atoms with Crippen LogP contribution in [0.5, 0.6) is 0 Å². The number of benzene rings is 1. The molecule has 16 heavy (non-hydrogen) atoms. The fourth-order valence-electron chi connectivity index (χ4n) is 1.81. The molecule has 0 saturated carbocycles. The molecule has 0 fully saturated rings. The Bertz CT molecular complexity index is 391. The lowest BCUT2D eigenvalue weighted by Crippen LogP contribution is -2.32. The second kappa shape index (κ2) is 5.64. The van der Waals surface area contributed by atoms with Crippen molar-refractivity contribution in [3.05, 3.63) is 28.2 Å². The van der Waals surface area contributed by atoms with Gasteiger partial charge in [-0.3, -0.25) is 0 Å². The molecule has 0 unspecified atom stereocenters. The van der Waals surface area contributed by atoms with Gasteiger partial charge >= 0.3 is 0 Å². The number of halogens is 1. The first-order chi connectivity index (χ1) is 7.49. The normalized spacial score (nSPS) is 10.6. The topological polar surface area (TPSA) is 29.3 Å². The van der Waals surface area contributed by atoms with Crippen LogP contribution in [0, 0.1) is 0 Å². The highest BCUT2D eigenvalue weighted by Crippen LogP contribution is 2.28. The van der Waals surface area contributed by atoms with E-state index in [1.54, 1.807) is 0 Å². The summed E-state index contributed by atoms with van der Waals surface area (Å²) in [7, 11) is 0. The van der Waals surface area contributed by atoms with Gasteiger partial charge in [-0.05, 0) is 48.8 Å². The van der Waals surface area contributed by atoms with Crippen LogP contribution in [0.3, 0.4) is 0 Å². The summed E-state index contributed by atoms with van der Waals surface area (Å²) in [6.07, 6.45) is 0. The lowest BCUT2D eigenvalue weighted by molar-refractivity contribution is 0.703. The SMILES string of the molecule is CCN(c1cccc(Br)c1C(N)=S)C(C)C. The molecule has 0 aliphatic rings. The molecule has 4 heteroatoms. The Hall–Kier alpha value is -0.610. The molecule has 1 aromatic carbocycles. The third kappa shape index (κ3) is 2.74. The molecular formula is C12H17BrN2S. The van der Waals surface area contributed by atoms with Crippen molar-refractivity contribution >= 4 is 38.8 Å². The third-order valence-corrected chi connectivity index (χ3v) is 3.38. The Morgan fingerprint density at radius 1 is 1.50 bits per heavy atom. The summed E-state index contributed by atoms with van der Waals surface area (Å²) < 4.78 is 0.955. The number of anilines is 1. The first kappa shape index (κ1) is 13.5. The van der Waals surface area contributed by atoms with Gasteiger partial charge in [0.05, 0.1) is 0 Å². The van der Waals surface area contributed by atoms with Gasteiger partial charge in [0.25, 0.3) is 0 Å². The highest BCUT2D eigenvalue weighted by atomic mass is 79.9.